The molecule has 1 heterocycles. The van der Waals surface area contributed by atoms with Crippen LogP contribution < -0.4 is 4.31 Å². The Bertz CT molecular complexity index is 996. The van der Waals surface area contributed by atoms with Gasteiger partial charge in [0, 0.05) is 12.1 Å². The largest absolute Gasteiger partial charge is 0.454 e. The number of esters is 1. The van der Waals surface area contributed by atoms with Gasteiger partial charge in [0.1, 0.15) is 0 Å². The third-order valence-corrected chi connectivity index (χ3v) is 5.99. The van der Waals surface area contributed by atoms with Crippen LogP contribution in [0.2, 0.25) is 0 Å². The molecule has 0 fully saturated rings. The fraction of sp³-hybridized carbons (Fsp3) is 0.333. The zero-order valence-electron chi connectivity index (χ0n) is 16.0. The number of nitrogens with zero attached hydrogens (tertiary/aromatic N) is 1. The second kappa shape index (κ2) is 8.14. The lowest BCUT2D eigenvalue weighted by Gasteiger charge is -2.29. The molecule has 6 nitrogen and oxygen atoms in total. The van der Waals surface area contributed by atoms with E-state index >= 15 is 0 Å². The molecule has 0 atom stereocenters. The predicted molar refractivity (Wildman–Crippen MR) is 107 cm³/mol. The van der Waals surface area contributed by atoms with E-state index in [0.29, 0.717) is 36.2 Å². The number of fused-ring (bicyclic) bond motifs is 1. The van der Waals surface area contributed by atoms with Gasteiger partial charge >= 0.3 is 5.97 Å². The Morgan fingerprint density at radius 1 is 1.07 bits per heavy atom. The maximum absolute atomic E-state index is 12.3. The summed E-state index contributed by atoms with van der Waals surface area (Å²) in [5, 5.41) is 0. The van der Waals surface area contributed by atoms with E-state index in [2.05, 4.69) is 0 Å². The van der Waals surface area contributed by atoms with Crippen LogP contribution >= 0.6 is 0 Å². The molecule has 2 aromatic rings. The normalized spacial score (nSPS) is 13.7. The Hall–Kier alpha value is -2.67. The van der Waals surface area contributed by atoms with E-state index in [1.165, 1.54) is 16.6 Å². The van der Waals surface area contributed by atoms with Gasteiger partial charge in [-0.15, -0.1) is 0 Å². The summed E-state index contributed by atoms with van der Waals surface area (Å²) in [7, 11) is -3.36. The van der Waals surface area contributed by atoms with Gasteiger partial charge in [-0.05, 0) is 48.6 Å². The van der Waals surface area contributed by atoms with E-state index in [1.807, 2.05) is 19.1 Å². The fourth-order valence-electron chi connectivity index (χ4n) is 3.26. The monoisotopic (exact) mass is 401 g/mol. The second-order valence-corrected chi connectivity index (χ2v) is 8.74. The summed E-state index contributed by atoms with van der Waals surface area (Å²) in [4.78, 5) is 24.6. The number of hydrogen-bond donors (Lipinski definition) is 0. The van der Waals surface area contributed by atoms with E-state index in [-0.39, 0.29) is 12.4 Å². The minimum atomic E-state index is -3.36. The van der Waals surface area contributed by atoms with Gasteiger partial charge in [-0.3, -0.25) is 9.10 Å². The molecule has 148 valence electrons. The summed E-state index contributed by atoms with van der Waals surface area (Å²) in [6.45, 7) is 2.13. The van der Waals surface area contributed by atoms with Gasteiger partial charge in [-0.1, -0.05) is 31.2 Å². The molecule has 0 saturated carbocycles. The zero-order valence-corrected chi connectivity index (χ0v) is 16.8. The van der Waals surface area contributed by atoms with Gasteiger partial charge in [-0.25, -0.2) is 13.2 Å². The van der Waals surface area contributed by atoms with Crippen LogP contribution in [-0.2, 0) is 27.6 Å². The molecular formula is C21H23NO5S. The van der Waals surface area contributed by atoms with Crippen molar-refractivity contribution in [3.63, 3.8) is 0 Å². The number of Topliss-reactive ketones (excluding diaryl/α,β-unsaturated/α-hetero) is 1. The van der Waals surface area contributed by atoms with Gasteiger partial charge in [0.2, 0.25) is 10.0 Å². The highest BCUT2D eigenvalue weighted by atomic mass is 32.2. The first-order chi connectivity index (χ1) is 13.3. The van der Waals surface area contributed by atoms with Crippen LogP contribution in [0.4, 0.5) is 5.69 Å². The molecule has 0 saturated heterocycles. The van der Waals surface area contributed by atoms with Crippen LogP contribution in [0.25, 0.3) is 0 Å². The van der Waals surface area contributed by atoms with E-state index in [0.717, 1.165) is 17.5 Å². The van der Waals surface area contributed by atoms with Gasteiger partial charge in [-0.2, -0.15) is 0 Å². The lowest BCUT2D eigenvalue weighted by molar-refractivity contribution is 0.0474. The van der Waals surface area contributed by atoms with Crippen molar-refractivity contribution in [2.75, 3.05) is 23.7 Å². The van der Waals surface area contributed by atoms with Crippen LogP contribution in [0.3, 0.4) is 0 Å². The van der Waals surface area contributed by atoms with Crippen molar-refractivity contribution in [2.24, 2.45) is 0 Å². The first-order valence-corrected chi connectivity index (χ1v) is 11.0. The maximum Gasteiger partial charge on any atom is 0.338 e. The minimum Gasteiger partial charge on any atom is -0.454 e. The van der Waals surface area contributed by atoms with Gasteiger partial charge in [0.05, 0.1) is 17.5 Å². The summed E-state index contributed by atoms with van der Waals surface area (Å²) >= 11 is 0. The third kappa shape index (κ3) is 4.42. The molecule has 0 amide bonds. The zero-order chi connectivity index (χ0) is 20.3. The standard InChI is InChI=1S/C21H23NO5S/c1-3-15-6-8-16(9-7-15)20(23)14-27-21(24)18-10-11-19-17(13-18)5-4-12-22(19)28(2,25)26/h6-11,13H,3-5,12,14H2,1-2H3. The van der Waals surface area contributed by atoms with E-state index in [1.54, 1.807) is 24.3 Å². The molecular weight excluding hydrogens is 378 g/mol. The Kier molecular flexibility index (Phi) is 5.84. The van der Waals surface area contributed by atoms with Crippen LogP contribution in [0, 0.1) is 0 Å². The number of aryl methyl sites for hydroxylation is 2. The molecule has 28 heavy (non-hydrogen) atoms. The molecule has 0 aliphatic carbocycles. The highest BCUT2D eigenvalue weighted by Crippen LogP contribution is 2.30. The van der Waals surface area contributed by atoms with Gasteiger partial charge in [0.25, 0.3) is 0 Å². The minimum absolute atomic E-state index is 0.266. The SMILES string of the molecule is CCc1ccc(C(=O)COC(=O)c2ccc3c(c2)CCCN3S(C)(=O)=O)cc1. The van der Waals surface area contributed by atoms with Crippen LogP contribution in [0.5, 0.6) is 0 Å². The van der Waals surface area contributed by atoms with Gasteiger partial charge in [0.15, 0.2) is 12.4 Å². The summed E-state index contributed by atoms with van der Waals surface area (Å²) < 4.78 is 30.4. The third-order valence-electron chi connectivity index (χ3n) is 4.81. The van der Waals surface area contributed by atoms with Crippen molar-refractivity contribution in [1.82, 2.24) is 0 Å². The predicted octanol–water partition coefficient (Wildman–Crippen LogP) is 3.00. The Labute approximate surface area is 165 Å². The summed E-state index contributed by atoms with van der Waals surface area (Å²) in [6, 6.07) is 12.0. The summed E-state index contributed by atoms with van der Waals surface area (Å²) in [6.07, 6.45) is 3.43. The first-order valence-electron chi connectivity index (χ1n) is 9.19. The molecule has 2 aromatic carbocycles. The van der Waals surface area contributed by atoms with Crippen molar-refractivity contribution in [3.8, 4) is 0 Å². The number of ketones is 1. The van der Waals surface area contributed by atoms with E-state index in [9.17, 15) is 18.0 Å². The van der Waals surface area contributed by atoms with Crippen molar-refractivity contribution in [2.45, 2.75) is 26.2 Å². The number of sulfonamides is 1. The molecule has 0 unspecified atom stereocenters. The van der Waals surface area contributed by atoms with Crippen molar-refractivity contribution >= 4 is 27.5 Å². The van der Waals surface area contributed by atoms with Crippen molar-refractivity contribution in [3.05, 3.63) is 64.7 Å². The van der Waals surface area contributed by atoms with Crippen LogP contribution in [-0.4, -0.2) is 39.6 Å². The second-order valence-electron chi connectivity index (χ2n) is 6.83. The van der Waals surface area contributed by atoms with Gasteiger partial charge < -0.3 is 4.74 Å². The van der Waals surface area contributed by atoms with Crippen LogP contribution in [0.1, 0.15) is 45.2 Å². The van der Waals surface area contributed by atoms with E-state index in [4.69, 9.17) is 4.74 Å². The number of benzene rings is 2. The lowest BCUT2D eigenvalue weighted by atomic mass is 10.0. The molecule has 0 spiro atoms. The fourth-order valence-corrected chi connectivity index (χ4v) is 4.25. The molecule has 0 N–H and O–H groups in total. The quantitative estimate of drug-likeness (QED) is 0.549. The van der Waals surface area contributed by atoms with Crippen molar-refractivity contribution < 1.29 is 22.7 Å². The number of carbonyl (C=O) groups excluding carboxylic acids is 2. The molecule has 3 rings (SSSR count). The maximum atomic E-state index is 12.3. The topological polar surface area (TPSA) is 80.8 Å². The molecule has 1 aliphatic rings. The highest BCUT2D eigenvalue weighted by Gasteiger charge is 2.25. The number of hydrogen-bond acceptors (Lipinski definition) is 5. The first kappa shape index (κ1) is 20.1. The molecule has 7 heteroatoms. The number of anilines is 1. The molecule has 0 radical (unpaired) electrons. The van der Waals surface area contributed by atoms with E-state index < -0.39 is 16.0 Å². The molecule has 1 aliphatic heterocycles. The average molecular weight is 401 g/mol. The molecule has 0 aromatic heterocycles. The molecule has 0 bridgehead atoms. The number of rotatable bonds is 6. The van der Waals surface area contributed by atoms with Crippen molar-refractivity contribution in [1.29, 1.82) is 0 Å². The highest BCUT2D eigenvalue weighted by molar-refractivity contribution is 7.92. The Morgan fingerprint density at radius 2 is 1.75 bits per heavy atom. The number of ether oxygens (including phenoxy) is 1. The number of carbonyl (C=O) groups is 2. The lowest BCUT2D eigenvalue weighted by Crippen LogP contribution is -2.34. The Balaban J connectivity index is 1.68. The van der Waals surface area contributed by atoms with Crippen LogP contribution in [0.15, 0.2) is 42.5 Å². The summed E-state index contributed by atoms with van der Waals surface area (Å²) in [5.74, 6) is -0.866. The Morgan fingerprint density at radius 3 is 2.39 bits per heavy atom. The summed E-state index contributed by atoms with van der Waals surface area (Å²) in [5.41, 5.74) is 3.32. The average Bonchev–Trinajstić information content (AvgIpc) is 2.70. The smallest absolute Gasteiger partial charge is 0.338 e.